The summed E-state index contributed by atoms with van der Waals surface area (Å²) in [5.74, 6) is 0. The monoisotopic (exact) mass is 279 g/mol. The van der Waals surface area contributed by atoms with E-state index < -0.39 is 0 Å². The van der Waals surface area contributed by atoms with Crippen molar-refractivity contribution < 1.29 is 0 Å². The lowest BCUT2D eigenvalue weighted by molar-refractivity contribution is 0.590. The Morgan fingerprint density at radius 3 is 2.48 bits per heavy atom. The molecule has 0 spiro atoms. The van der Waals surface area contributed by atoms with Crippen LogP contribution in [0.3, 0.4) is 0 Å². The van der Waals surface area contributed by atoms with Gasteiger partial charge in [0.15, 0.2) is 5.65 Å². The van der Waals surface area contributed by atoms with Crippen molar-refractivity contribution in [1.29, 1.82) is 0 Å². The summed E-state index contributed by atoms with van der Waals surface area (Å²) >= 11 is 0. The van der Waals surface area contributed by atoms with Gasteiger partial charge in [0.05, 0.1) is 11.4 Å². The van der Waals surface area contributed by atoms with Gasteiger partial charge in [0.1, 0.15) is 0 Å². The summed E-state index contributed by atoms with van der Waals surface area (Å²) in [7, 11) is 0. The number of aromatic nitrogens is 3. The van der Waals surface area contributed by atoms with Gasteiger partial charge in [-0.25, -0.2) is 9.50 Å². The lowest BCUT2D eigenvalue weighted by Gasteiger charge is -2.17. The van der Waals surface area contributed by atoms with Crippen LogP contribution in [0.4, 0.5) is 0 Å². The summed E-state index contributed by atoms with van der Waals surface area (Å²) in [5, 5.41) is 4.59. The standard InChI is InChI=1S/C18H21N3/c1-12-7-6-8-14(11-12)15-9-10-21-17(19-15)16(13(2)20-21)18(3,4)5/h6-11H,1-5H3. The Hall–Kier alpha value is -2.16. The van der Waals surface area contributed by atoms with E-state index in [9.17, 15) is 0 Å². The molecule has 0 saturated heterocycles. The third kappa shape index (κ3) is 2.44. The van der Waals surface area contributed by atoms with Gasteiger partial charge in [-0.2, -0.15) is 5.10 Å². The van der Waals surface area contributed by atoms with Crippen LogP contribution in [-0.2, 0) is 5.41 Å². The number of aryl methyl sites for hydroxylation is 2. The molecular formula is C18H21N3. The Bertz CT molecular complexity index is 807. The summed E-state index contributed by atoms with van der Waals surface area (Å²) in [6, 6.07) is 10.5. The van der Waals surface area contributed by atoms with E-state index >= 15 is 0 Å². The fraction of sp³-hybridized carbons (Fsp3) is 0.333. The summed E-state index contributed by atoms with van der Waals surface area (Å²) in [5.41, 5.74) is 6.65. The van der Waals surface area contributed by atoms with Gasteiger partial charge in [-0.3, -0.25) is 0 Å². The molecule has 0 fully saturated rings. The van der Waals surface area contributed by atoms with Crippen molar-refractivity contribution in [3.05, 3.63) is 53.3 Å². The van der Waals surface area contributed by atoms with Crippen LogP contribution in [-0.4, -0.2) is 14.6 Å². The number of fused-ring (bicyclic) bond motifs is 1. The normalized spacial score (nSPS) is 12.0. The van der Waals surface area contributed by atoms with Crippen molar-refractivity contribution in [2.75, 3.05) is 0 Å². The fourth-order valence-electron chi connectivity index (χ4n) is 2.88. The second-order valence-electron chi connectivity index (χ2n) is 6.66. The van der Waals surface area contributed by atoms with Gasteiger partial charge < -0.3 is 0 Å². The molecule has 3 nitrogen and oxygen atoms in total. The highest BCUT2D eigenvalue weighted by Gasteiger charge is 2.23. The first-order valence-electron chi connectivity index (χ1n) is 7.30. The van der Waals surface area contributed by atoms with E-state index in [0.29, 0.717) is 0 Å². The first kappa shape index (κ1) is 13.8. The van der Waals surface area contributed by atoms with Gasteiger partial charge in [0.2, 0.25) is 0 Å². The van der Waals surface area contributed by atoms with E-state index in [4.69, 9.17) is 4.98 Å². The Kier molecular flexibility index (Phi) is 3.08. The average molecular weight is 279 g/mol. The van der Waals surface area contributed by atoms with Crippen molar-refractivity contribution in [2.45, 2.75) is 40.0 Å². The summed E-state index contributed by atoms with van der Waals surface area (Å²) in [6.07, 6.45) is 2.00. The van der Waals surface area contributed by atoms with Crippen LogP contribution in [0.15, 0.2) is 36.5 Å². The molecule has 0 bridgehead atoms. The second kappa shape index (κ2) is 4.69. The predicted molar refractivity (Wildman–Crippen MR) is 86.6 cm³/mol. The van der Waals surface area contributed by atoms with Crippen LogP contribution in [0, 0.1) is 13.8 Å². The molecule has 0 amide bonds. The lowest BCUT2D eigenvalue weighted by atomic mass is 9.87. The van der Waals surface area contributed by atoms with Gasteiger partial charge in [0.25, 0.3) is 0 Å². The van der Waals surface area contributed by atoms with Gasteiger partial charge in [-0.15, -0.1) is 0 Å². The fourth-order valence-corrected chi connectivity index (χ4v) is 2.88. The Morgan fingerprint density at radius 1 is 1.05 bits per heavy atom. The number of hydrogen-bond acceptors (Lipinski definition) is 2. The van der Waals surface area contributed by atoms with Gasteiger partial charge in [0, 0.05) is 17.3 Å². The maximum absolute atomic E-state index is 4.87. The van der Waals surface area contributed by atoms with E-state index in [1.165, 1.54) is 11.1 Å². The Morgan fingerprint density at radius 2 is 1.81 bits per heavy atom. The zero-order valence-corrected chi connectivity index (χ0v) is 13.3. The summed E-state index contributed by atoms with van der Waals surface area (Å²) < 4.78 is 1.88. The van der Waals surface area contributed by atoms with Crippen molar-refractivity contribution in [2.24, 2.45) is 0 Å². The van der Waals surface area contributed by atoms with Crippen molar-refractivity contribution >= 4 is 5.65 Å². The third-order valence-corrected chi connectivity index (χ3v) is 3.72. The first-order chi connectivity index (χ1) is 9.86. The van der Waals surface area contributed by atoms with Crippen LogP contribution < -0.4 is 0 Å². The SMILES string of the molecule is Cc1cccc(-c2ccn3nc(C)c(C(C)(C)C)c3n2)c1. The number of nitrogens with zero attached hydrogens (tertiary/aromatic N) is 3. The molecule has 0 atom stereocenters. The summed E-state index contributed by atoms with van der Waals surface area (Å²) in [4.78, 5) is 4.87. The third-order valence-electron chi connectivity index (χ3n) is 3.72. The Labute approximate surface area is 125 Å². The van der Waals surface area contributed by atoms with Crippen molar-refractivity contribution in [3.8, 4) is 11.3 Å². The summed E-state index contributed by atoms with van der Waals surface area (Å²) in [6.45, 7) is 10.8. The van der Waals surface area contributed by atoms with Crippen molar-refractivity contribution in [3.63, 3.8) is 0 Å². The molecule has 0 radical (unpaired) electrons. The first-order valence-corrected chi connectivity index (χ1v) is 7.30. The topological polar surface area (TPSA) is 30.2 Å². The van der Waals surface area contributed by atoms with E-state index in [-0.39, 0.29) is 5.41 Å². The molecule has 0 N–H and O–H groups in total. The molecule has 0 saturated carbocycles. The maximum atomic E-state index is 4.87. The van der Waals surface area contributed by atoms with Crippen LogP contribution in [0.2, 0.25) is 0 Å². The number of rotatable bonds is 1. The molecule has 0 unspecified atom stereocenters. The van der Waals surface area contributed by atoms with Gasteiger partial charge >= 0.3 is 0 Å². The number of hydrogen-bond donors (Lipinski definition) is 0. The smallest absolute Gasteiger partial charge is 0.159 e. The molecule has 2 heterocycles. The van der Waals surface area contributed by atoms with Gasteiger partial charge in [-0.05, 0) is 31.4 Å². The largest absolute Gasteiger partial charge is 0.228 e. The highest BCUT2D eigenvalue weighted by Crippen LogP contribution is 2.30. The van der Waals surface area contributed by atoms with E-state index in [0.717, 1.165) is 22.6 Å². The molecule has 3 aromatic rings. The molecule has 108 valence electrons. The molecular weight excluding hydrogens is 258 g/mol. The molecule has 3 heteroatoms. The minimum Gasteiger partial charge on any atom is -0.228 e. The number of benzene rings is 1. The highest BCUT2D eigenvalue weighted by molar-refractivity contribution is 5.64. The van der Waals surface area contributed by atoms with Gasteiger partial charge in [-0.1, -0.05) is 44.5 Å². The van der Waals surface area contributed by atoms with E-state index in [1.807, 2.05) is 16.8 Å². The molecule has 1 aromatic carbocycles. The predicted octanol–water partition coefficient (Wildman–Crippen LogP) is 4.31. The maximum Gasteiger partial charge on any atom is 0.159 e. The van der Waals surface area contributed by atoms with Crippen LogP contribution >= 0.6 is 0 Å². The lowest BCUT2D eigenvalue weighted by Crippen LogP contribution is -2.12. The van der Waals surface area contributed by atoms with Crippen molar-refractivity contribution in [1.82, 2.24) is 14.6 Å². The quantitative estimate of drug-likeness (QED) is 0.664. The second-order valence-corrected chi connectivity index (χ2v) is 6.66. The van der Waals surface area contributed by atoms with E-state index in [1.54, 1.807) is 0 Å². The molecule has 21 heavy (non-hydrogen) atoms. The average Bonchev–Trinajstić information content (AvgIpc) is 2.73. The molecule has 3 rings (SSSR count). The van der Waals surface area contributed by atoms with E-state index in [2.05, 4.69) is 64.0 Å². The Balaban J connectivity index is 2.24. The molecule has 0 aliphatic carbocycles. The molecule has 2 aromatic heterocycles. The zero-order chi connectivity index (χ0) is 15.2. The van der Waals surface area contributed by atoms with Crippen LogP contribution in [0.5, 0.6) is 0 Å². The van der Waals surface area contributed by atoms with Crippen LogP contribution in [0.1, 0.15) is 37.6 Å². The minimum atomic E-state index is 0.0318. The van der Waals surface area contributed by atoms with Crippen LogP contribution in [0.25, 0.3) is 16.9 Å². The highest BCUT2D eigenvalue weighted by atomic mass is 15.3. The molecule has 0 aliphatic heterocycles. The minimum absolute atomic E-state index is 0.0318. The zero-order valence-electron chi connectivity index (χ0n) is 13.3. The molecule has 0 aliphatic rings.